The molecule has 2 rings (SSSR count). The van der Waals surface area contributed by atoms with Gasteiger partial charge in [-0.1, -0.05) is 18.2 Å². The molecule has 4 heteroatoms. The second-order valence-corrected chi connectivity index (χ2v) is 4.41. The van der Waals surface area contributed by atoms with Crippen molar-refractivity contribution < 1.29 is 9.53 Å². The number of halogens is 1. The molecular formula is C13H16ClNO2. The van der Waals surface area contributed by atoms with E-state index in [-0.39, 0.29) is 11.8 Å². The van der Waals surface area contributed by atoms with Crippen molar-refractivity contribution in [1.29, 1.82) is 0 Å². The molecule has 0 atom stereocenters. The zero-order valence-electron chi connectivity index (χ0n) is 9.67. The fraction of sp³-hybridized carbons (Fsp3) is 0.462. The monoisotopic (exact) mass is 253 g/mol. The maximum atomic E-state index is 11.0. The van der Waals surface area contributed by atoms with Gasteiger partial charge in [-0.3, -0.25) is 4.79 Å². The number of rotatable bonds is 4. The van der Waals surface area contributed by atoms with Crippen LogP contribution in [0.3, 0.4) is 0 Å². The molecule has 1 N–H and O–H groups in total. The van der Waals surface area contributed by atoms with E-state index in [1.807, 2.05) is 0 Å². The first-order valence-corrected chi connectivity index (χ1v) is 6.34. The molecule has 1 aliphatic heterocycles. The van der Waals surface area contributed by atoms with E-state index in [1.165, 1.54) is 16.7 Å². The summed E-state index contributed by atoms with van der Waals surface area (Å²) < 4.78 is 5.42. The van der Waals surface area contributed by atoms with Gasteiger partial charge in [0.2, 0.25) is 5.91 Å². The first-order chi connectivity index (χ1) is 8.29. The Kier molecular flexibility index (Phi) is 4.40. The van der Waals surface area contributed by atoms with Crippen LogP contribution in [0.15, 0.2) is 18.2 Å². The standard InChI is InChI=1S/C13H16ClNO2/c14-8-13(16)15-5-3-10-1-2-11-4-6-17-9-12(11)7-10/h1-2,7H,3-6,8-9H2,(H,15,16). The van der Waals surface area contributed by atoms with Crippen molar-refractivity contribution in [2.45, 2.75) is 19.4 Å². The average Bonchev–Trinajstić information content (AvgIpc) is 2.38. The lowest BCUT2D eigenvalue weighted by atomic mass is 9.99. The lowest BCUT2D eigenvalue weighted by Gasteiger charge is -2.17. The molecule has 1 heterocycles. The van der Waals surface area contributed by atoms with Gasteiger partial charge in [0.05, 0.1) is 13.2 Å². The van der Waals surface area contributed by atoms with Crippen LogP contribution in [0.1, 0.15) is 16.7 Å². The molecule has 0 aliphatic carbocycles. The lowest BCUT2D eigenvalue weighted by molar-refractivity contribution is -0.118. The number of fused-ring (bicyclic) bond motifs is 1. The average molecular weight is 254 g/mol. The molecule has 17 heavy (non-hydrogen) atoms. The van der Waals surface area contributed by atoms with Crippen molar-refractivity contribution in [3.63, 3.8) is 0 Å². The van der Waals surface area contributed by atoms with E-state index in [1.54, 1.807) is 0 Å². The van der Waals surface area contributed by atoms with E-state index in [4.69, 9.17) is 16.3 Å². The third kappa shape index (κ3) is 3.45. The Bertz CT molecular complexity index is 406. The zero-order chi connectivity index (χ0) is 12.1. The molecule has 1 aliphatic rings. The molecule has 0 aromatic heterocycles. The van der Waals surface area contributed by atoms with Gasteiger partial charge in [0.25, 0.3) is 0 Å². The van der Waals surface area contributed by atoms with E-state index in [2.05, 4.69) is 23.5 Å². The van der Waals surface area contributed by atoms with Gasteiger partial charge in [-0.25, -0.2) is 0 Å². The second kappa shape index (κ2) is 6.03. The van der Waals surface area contributed by atoms with Crippen LogP contribution >= 0.6 is 11.6 Å². The number of ether oxygens (including phenoxy) is 1. The van der Waals surface area contributed by atoms with Crippen molar-refractivity contribution >= 4 is 17.5 Å². The molecule has 0 fully saturated rings. The summed E-state index contributed by atoms with van der Waals surface area (Å²) in [6.07, 6.45) is 1.83. The van der Waals surface area contributed by atoms with Crippen LogP contribution in [-0.4, -0.2) is 24.9 Å². The van der Waals surface area contributed by atoms with Crippen LogP contribution in [-0.2, 0) is 29.0 Å². The molecule has 0 spiro atoms. The highest BCUT2D eigenvalue weighted by Crippen LogP contribution is 2.18. The van der Waals surface area contributed by atoms with Crippen LogP contribution in [0.5, 0.6) is 0 Å². The maximum Gasteiger partial charge on any atom is 0.234 e. The topological polar surface area (TPSA) is 38.3 Å². The minimum Gasteiger partial charge on any atom is -0.376 e. The maximum absolute atomic E-state index is 11.0. The van der Waals surface area contributed by atoms with Gasteiger partial charge in [-0.05, 0) is 29.5 Å². The van der Waals surface area contributed by atoms with Gasteiger partial charge in [-0.2, -0.15) is 0 Å². The number of nitrogens with one attached hydrogen (secondary N) is 1. The molecule has 0 saturated carbocycles. The Balaban J connectivity index is 1.91. The van der Waals surface area contributed by atoms with Crippen LogP contribution in [0.4, 0.5) is 0 Å². The van der Waals surface area contributed by atoms with Crippen molar-refractivity contribution in [3.05, 3.63) is 34.9 Å². The molecule has 92 valence electrons. The number of amides is 1. The number of hydrogen-bond acceptors (Lipinski definition) is 2. The predicted octanol–water partition coefficient (Wildman–Crippen LogP) is 1.66. The Hall–Kier alpha value is -1.06. The molecule has 1 aromatic carbocycles. The fourth-order valence-electron chi connectivity index (χ4n) is 1.97. The minimum atomic E-state index is -0.118. The molecule has 1 aromatic rings. The second-order valence-electron chi connectivity index (χ2n) is 4.14. The van der Waals surface area contributed by atoms with Crippen LogP contribution < -0.4 is 5.32 Å². The summed E-state index contributed by atoms with van der Waals surface area (Å²) in [6, 6.07) is 6.45. The quantitative estimate of drug-likeness (QED) is 0.829. The fourth-order valence-corrected chi connectivity index (χ4v) is 2.07. The molecular weight excluding hydrogens is 238 g/mol. The molecule has 1 amide bonds. The highest BCUT2D eigenvalue weighted by molar-refractivity contribution is 6.27. The lowest BCUT2D eigenvalue weighted by Crippen LogP contribution is -2.26. The third-order valence-corrected chi connectivity index (χ3v) is 3.14. The largest absolute Gasteiger partial charge is 0.376 e. The van der Waals surface area contributed by atoms with Gasteiger partial charge >= 0.3 is 0 Å². The summed E-state index contributed by atoms with van der Waals surface area (Å²) in [5, 5.41) is 2.76. The highest BCUT2D eigenvalue weighted by Gasteiger charge is 2.09. The van der Waals surface area contributed by atoms with E-state index >= 15 is 0 Å². The van der Waals surface area contributed by atoms with Crippen molar-refractivity contribution in [2.75, 3.05) is 19.0 Å². The van der Waals surface area contributed by atoms with Gasteiger partial charge in [0.15, 0.2) is 0 Å². The predicted molar refractivity (Wildman–Crippen MR) is 67.2 cm³/mol. The van der Waals surface area contributed by atoms with E-state index in [9.17, 15) is 4.79 Å². The summed E-state index contributed by atoms with van der Waals surface area (Å²) in [7, 11) is 0. The van der Waals surface area contributed by atoms with Gasteiger partial charge < -0.3 is 10.1 Å². The van der Waals surface area contributed by atoms with Gasteiger partial charge in [0, 0.05) is 6.54 Å². The Morgan fingerprint density at radius 3 is 3.12 bits per heavy atom. The summed E-state index contributed by atoms with van der Waals surface area (Å²) in [6.45, 7) is 2.15. The van der Waals surface area contributed by atoms with Crippen molar-refractivity contribution in [3.8, 4) is 0 Å². The molecule has 0 saturated heterocycles. The first kappa shape index (κ1) is 12.4. The number of carbonyl (C=O) groups excluding carboxylic acids is 1. The zero-order valence-corrected chi connectivity index (χ0v) is 10.4. The van der Waals surface area contributed by atoms with Gasteiger partial charge in [0.1, 0.15) is 5.88 Å². The summed E-state index contributed by atoms with van der Waals surface area (Å²) >= 11 is 5.40. The van der Waals surface area contributed by atoms with Crippen LogP contribution in [0.2, 0.25) is 0 Å². The van der Waals surface area contributed by atoms with Crippen LogP contribution in [0.25, 0.3) is 0 Å². The smallest absolute Gasteiger partial charge is 0.234 e. The third-order valence-electron chi connectivity index (χ3n) is 2.90. The summed E-state index contributed by atoms with van der Waals surface area (Å²) in [5.74, 6) is -0.0918. The van der Waals surface area contributed by atoms with Crippen LogP contribution in [0, 0.1) is 0 Å². The summed E-state index contributed by atoms with van der Waals surface area (Å²) in [5.41, 5.74) is 3.88. The molecule has 0 bridgehead atoms. The number of benzene rings is 1. The van der Waals surface area contributed by atoms with Crippen molar-refractivity contribution in [1.82, 2.24) is 5.32 Å². The van der Waals surface area contributed by atoms with E-state index in [0.29, 0.717) is 13.2 Å². The number of carbonyl (C=O) groups is 1. The Morgan fingerprint density at radius 2 is 2.29 bits per heavy atom. The Labute approximate surface area is 106 Å². The number of alkyl halides is 1. The minimum absolute atomic E-state index is 0.0258. The Morgan fingerprint density at radius 1 is 1.41 bits per heavy atom. The number of hydrogen-bond donors (Lipinski definition) is 1. The van der Waals surface area contributed by atoms with Gasteiger partial charge in [-0.15, -0.1) is 11.6 Å². The molecule has 0 unspecified atom stereocenters. The normalized spacial score (nSPS) is 14.2. The highest BCUT2D eigenvalue weighted by atomic mass is 35.5. The van der Waals surface area contributed by atoms with E-state index < -0.39 is 0 Å². The van der Waals surface area contributed by atoms with E-state index in [0.717, 1.165) is 19.4 Å². The van der Waals surface area contributed by atoms with Crippen molar-refractivity contribution in [2.24, 2.45) is 0 Å². The summed E-state index contributed by atoms with van der Waals surface area (Å²) in [4.78, 5) is 11.0. The SMILES string of the molecule is O=C(CCl)NCCc1ccc2c(c1)COCC2. The molecule has 0 radical (unpaired) electrons. The molecule has 3 nitrogen and oxygen atoms in total. The first-order valence-electron chi connectivity index (χ1n) is 5.80.